The lowest BCUT2D eigenvalue weighted by Gasteiger charge is -2.26. The Morgan fingerprint density at radius 2 is 1.71 bits per heavy atom. The summed E-state index contributed by atoms with van der Waals surface area (Å²) in [6, 6.07) is 7.49. The fourth-order valence-electron chi connectivity index (χ4n) is 3.60. The van der Waals surface area contributed by atoms with Crippen LogP contribution in [-0.4, -0.2) is 52.7 Å². The first-order valence-electron chi connectivity index (χ1n) is 9.05. The normalized spacial score (nSPS) is 21.0. The number of nitrogens with one attached hydrogen (secondary N) is 1. The van der Waals surface area contributed by atoms with E-state index in [1.165, 1.54) is 37.7 Å². The number of hydrogen-bond acceptors (Lipinski definition) is 4. The number of benzene rings is 1. The van der Waals surface area contributed by atoms with Gasteiger partial charge in [0.25, 0.3) is 0 Å². The summed E-state index contributed by atoms with van der Waals surface area (Å²) in [5, 5.41) is 0. The third-order valence-corrected chi connectivity index (χ3v) is 6.57. The van der Waals surface area contributed by atoms with Gasteiger partial charge in [-0.3, -0.25) is 4.90 Å². The Hall–Kier alpha value is -0.950. The summed E-state index contributed by atoms with van der Waals surface area (Å²) < 4.78 is 32.8. The fourth-order valence-corrected chi connectivity index (χ4v) is 4.62. The van der Waals surface area contributed by atoms with E-state index >= 15 is 0 Å². The predicted octanol–water partition coefficient (Wildman–Crippen LogP) is 2.34. The van der Waals surface area contributed by atoms with Crippen molar-refractivity contribution in [2.75, 3.05) is 39.4 Å². The maximum absolute atomic E-state index is 12.4. The Morgan fingerprint density at radius 1 is 1.04 bits per heavy atom. The van der Waals surface area contributed by atoms with Crippen molar-refractivity contribution in [2.24, 2.45) is 0 Å². The maximum atomic E-state index is 12.4. The molecule has 6 heteroatoms. The Morgan fingerprint density at radius 3 is 2.38 bits per heavy atom. The second-order valence-corrected chi connectivity index (χ2v) is 8.52. The van der Waals surface area contributed by atoms with E-state index in [1.807, 2.05) is 12.1 Å². The van der Waals surface area contributed by atoms with E-state index < -0.39 is 10.0 Å². The molecule has 1 saturated heterocycles. The molecule has 0 unspecified atom stereocenters. The van der Waals surface area contributed by atoms with E-state index in [0.29, 0.717) is 17.4 Å². The molecule has 0 spiro atoms. The lowest BCUT2D eigenvalue weighted by Crippen LogP contribution is -2.41. The molecular weight excluding hydrogens is 324 g/mol. The first kappa shape index (κ1) is 17.9. The topological polar surface area (TPSA) is 58.6 Å². The van der Waals surface area contributed by atoms with Crippen LogP contribution >= 0.6 is 0 Å². The van der Waals surface area contributed by atoms with E-state index in [9.17, 15) is 8.42 Å². The molecule has 1 aromatic rings. The van der Waals surface area contributed by atoms with Crippen molar-refractivity contribution in [2.45, 2.75) is 42.9 Å². The summed E-state index contributed by atoms with van der Waals surface area (Å²) in [6.07, 6.45) is 6.35. The van der Waals surface area contributed by atoms with Crippen molar-refractivity contribution in [3.8, 4) is 0 Å². The second-order valence-electron chi connectivity index (χ2n) is 6.76. The molecule has 0 bridgehead atoms. The van der Waals surface area contributed by atoms with Crippen LogP contribution in [0, 0.1) is 0 Å². The minimum absolute atomic E-state index is 0.365. The third kappa shape index (κ3) is 4.79. The molecule has 134 valence electrons. The number of morpholine rings is 1. The quantitative estimate of drug-likeness (QED) is 0.854. The molecule has 1 saturated carbocycles. The van der Waals surface area contributed by atoms with Crippen LogP contribution in [0.4, 0.5) is 0 Å². The van der Waals surface area contributed by atoms with Crippen LogP contribution in [0.3, 0.4) is 0 Å². The molecule has 1 aliphatic carbocycles. The number of hydrogen-bond donors (Lipinski definition) is 1. The first-order valence-corrected chi connectivity index (χ1v) is 10.5. The number of rotatable bonds is 6. The Bertz CT molecular complexity index is 604. The average molecular weight is 353 g/mol. The maximum Gasteiger partial charge on any atom is 0.240 e. The molecular formula is C18H28N2O3S. The number of nitrogens with zero attached hydrogens (tertiary/aromatic N) is 1. The molecule has 1 N–H and O–H groups in total. The van der Waals surface area contributed by atoms with Crippen LogP contribution in [0.1, 0.15) is 43.6 Å². The van der Waals surface area contributed by atoms with Crippen molar-refractivity contribution in [1.29, 1.82) is 0 Å². The van der Waals surface area contributed by atoms with Gasteiger partial charge in [-0.15, -0.1) is 0 Å². The van der Waals surface area contributed by atoms with Crippen molar-refractivity contribution in [3.05, 3.63) is 29.8 Å². The van der Waals surface area contributed by atoms with E-state index in [0.717, 1.165) is 32.8 Å². The summed E-state index contributed by atoms with van der Waals surface area (Å²) in [7, 11) is -3.42. The summed E-state index contributed by atoms with van der Waals surface area (Å²) in [6.45, 7) is 4.37. The van der Waals surface area contributed by atoms with Gasteiger partial charge in [-0.1, -0.05) is 31.4 Å². The summed E-state index contributed by atoms with van der Waals surface area (Å²) in [5.74, 6) is 0.602. The summed E-state index contributed by atoms with van der Waals surface area (Å²) >= 11 is 0. The molecule has 0 aromatic heterocycles. The molecule has 0 radical (unpaired) electrons. The molecule has 1 heterocycles. The monoisotopic (exact) mass is 352 g/mol. The molecule has 0 atom stereocenters. The summed E-state index contributed by atoms with van der Waals surface area (Å²) in [5.41, 5.74) is 1.28. The van der Waals surface area contributed by atoms with Crippen molar-refractivity contribution < 1.29 is 13.2 Å². The SMILES string of the molecule is O=S(=O)(NCCN1CCOCC1)c1ccc(C2CCCCC2)cc1. The van der Waals surface area contributed by atoms with E-state index in [-0.39, 0.29) is 0 Å². The van der Waals surface area contributed by atoms with Gasteiger partial charge in [0.15, 0.2) is 0 Å². The van der Waals surface area contributed by atoms with Gasteiger partial charge in [0.05, 0.1) is 18.1 Å². The predicted molar refractivity (Wildman–Crippen MR) is 94.7 cm³/mol. The zero-order chi connectivity index (χ0) is 16.8. The molecule has 3 rings (SSSR count). The first-order chi connectivity index (χ1) is 11.6. The van der Waals surface area contributed by atoms with Crippen molar-refractivity contribution in [1.82, 2.24) is 9.62 Å². The van der Waals surface area contributed by atoms with Crippen molar-refractivity contribution in [3.63, 3.8) is 0 Å². The van der Waals surface area contributed by atoms with Gasteiger partial charge in [0.1, 0.15) is 0 Å². The zero-order valence-electron chi connectivity index (χ0n) is 14.2. The lowest BCUT2D eigenvalue weighted by atomic mass is 9.84. The zero-order valence-corrected chi connectivity index (χ0v) is 15.1. The van der Waals surface area contributed by atoms with Crippen LogP contribution < -0.4 is 4.72 Å². The minimum atomic E-state index is -3.42. The molecule has 2 aliphatic rings. The highest BCUT2D eigenvalue weighted by molar-refractivity contribution is 7.89. The van der Waals surface area contributed by atoms with Crippen molar-refractivity contribution >= 4 is 10.0 Å². The van der Waals surface area contributed by atoms with Crippen LogP contribution in [0.15, 0.2) is 29.2 Å². The lowest BCUT2D eigenvalue weighted by molar-refractivity contribution is 0.0390. The molecule has 1 aromatic carbocycles. The Labute approximate surface area is 145 Å². The van der Waals surface area contributed by atoms with Gasteiger partial charge in [0, 0.05) is 26.2 Å². The second kappa shape index (κ2) is 8.43. The highest BCUT2D eigenvalue weighted by atomic mass is 32.2. The van der Waals surface area contributed by atoms with Gasteiger partial charge in [-0.05, 0) is 36.5 Å². The largest absolute Gasteiger partial charge is 0.379 e. The van der Waals surface area contributed by atoms with E-state index in [4.69, 9.17) is 4.74 Å². The van der Waals surface area contributed by atoms with Gasteiger partial charge in [-0.2, -0.15) is 0 Å². The third-order valence-electron chi connectivity index (χ3n) is 5.09. The van der Waals surface area contributed by atoms with Crippen LogP contribution in [0.2, 0.25) is 0 Å². The van der Waals surface area contributed by atoms with Crippen LogP contribution in [0.5, 0.6) is 0 Å². The van der Waals surface area contributed by atoms with Gasteiger partial charge in [-0.25, -0.2) is 13.1 Å². The van der Waals surface area contributed by atoms with Crippen LogP contribution in [0.25, 0.3) is 0 Å². The van der Waals surface area contributed by atoms with Gasteiger partial charge >= 0.3 is 0 Å². The number of sulfonamides is 1. The fraction of sp³-hybridized carbons (Fsp3) is 0.667. The highest BCUT2D eigenvalue weighted by Crippen LogP contribution is 2.32. The summed E-state index contributed by atoms with van der Waals surface area (Å²) in [4.78, 5) is 2.59. The highest BCUT2D eigenvalue weighted by Gasteiger charge is 2.18. The van der Waals surface area contributed by atoms with E-state index in [2.05, 4.69) is 9.62 Å². The van der Waals surface area contributed by atoms with Crippen LogP contribution in [-0.2, 0) is 14.8 Å². The number of ether oxygens (including phenoxy) is 1. The smallest absolute Gasteiger partial charge is 0.240 e. The Balaban J connectivity index is 1.53. The van der Waals surface area contributed by atoms with Gasteiger partial charge < -0.3 is 4.74 Å². The van der Waals surface area contributed by atoms with E-state index in [1.54, 1.807) is 12.1 Å². The molecule has 2 fully saturated rings. The average Bonchev–Trinajstić information content (AvgIpc) is 2.63. The molecule has 0 amide bonds. The molecule has 24 heavy (non-hydrogen) atoms. The molecule has 5 nitrogen and oxygen atoms in total. The molecule has 1 aliphatic heterocycles. The van der Waals surface area contributed by atoms with Gasteiger partial charge in [0.2, 0.25) is 10.0 Å². The standard InChI is InChI=1S/C18H28N2O3S/c21-24(22,19-10-11-20-12-14-23-15-13-20)18-8-6-17(7-9-18)16-4-2-1-3-5-16/h6-9,16,19H,1-5,10-15H2. The Kier molecular flexibility index (Phi) is 6.27. The minimum Gasteiger partial charge on any atom is -0.379 e.